The average Bonchev–Trinajstić information content (AvgIpc) is 2.63. The molecule has 0 aliphatic carbocycles. The van der Waals surface area contributed by atoms with Crippen molar-refractivity contribution in [1.82, 2.24) is 14.5 Å². The second-order valence-electron chi connectivity index (χ2n) is 4.97. The van der Waals surface area contributed by atoms with Gasteiger partial charge in [0.2, 0.25) is 0 Å². The monoisotopic (exact) mass is 260 g/mol. The van der Waals surface area contributed by atoms with Gasteiger partial charge in [0.25, 0.3) is 0 Å². The first kappa shape index (κ1) is 12.4. The first-order valence-electron chi connectivity index (χ1n) is 6.96. The van der Waals surface area contributed by atoms with Crippen LogP contribution >= 0.6 is 0 Å². The van der Waals surface area contributed by atoms with Gasteiger partial charge in [0.1, 0.15) is 11.8 Å². The molecule has 1 N–H and O–H groups in total. The van der Waals surface area contributed by atoms with Crippen LogP contribution in [0, 0.1) is 0 Å². The van der Waals surface area contributed by atoms with Crippen molar-refractivity contribution in [3.05, 3.63) is 18.1 Å². The van der Waals surface area contributed by atoms with Crippen LogP contribution in [0.1, 0.15) is 25.0 Å². The number of nitrogens with one attached hydrogen (secondary N) is 1. The third-order valence-corrected chi connectivity index (χ3v) is 3.68. The number of ether oxygens (including phenoxy) is 1. The SMILES string of the molecule is COCCNc1ncnc2cc3n(c12)CCCCC3. The summed E-state index contributed by atoms with van der Waals surface area (Å²) < 4.78 is 7.46. The second-order valence-corrected chi connectivity index (χ2v) is 4.97. The molecule has 3 rings (SSSR count). The van der Waals surface area contributed by atoms with Gasteiger partial charge in [-0.05, 0) is 25.3 Å². The van der Waals surface area contributed by atoms with Crippen molar-refractivity contribution in [3.8, 4) is 0 Å². The summed E-state index contributed by atoms with van der Waals surface area (Å²) in [6.07, 6.45) is 6.61. The minimum absolute atomic E-state index is 0.680. The van der Waals surface area contributed by atoms with Crippen LogP contribution < -0.4 is 5.32 Å². The van der Waals surface area contributed by atoms with E-state index in [1.165, 1.54) is 25.0 Å². The van der Waals surface area contributed by atoms with Gasteiger partial charge in [0, 0.05) is 25.9 Å². The van der Waals surface area contributed by atoms with E-state index in [4.69, 9.17) is 4.74 Å². The first-order chi connectivity index (χ1) is 9.40. The van der Waals surface area contributed by atoms with Crippen molar-refractivity contribution in [3.63, 3.8) is 0 Å². The predicted molar refractivity (Wildman–Crippen MR) is 75.4 cm³/mol. The molecule has 2 aromatic heterocycles. The first-order valence-corrected chi connectivity index (χ1v) is 6.96. The predicted octanol–water partition coefficient (Wildman–Crippen LogP) is 2.22. The van der Waals surface area contributed by atoms with E-state index in [1.54, 1.807) is 13.4 Å². The minimum atomic E-state index is 0.680. The van der Waals surface area contributed by atoms with E-state index >= 15 is 0 Å². The number of aromatic nitrogens is 3. The van der Waals surface area contributed by atoms with Gasteiger partial charge in [0.05, 0.1) is 12.1 Å². The Morgan fingerprint density at radius 2 is 2.26 bits per heavy atom. The Morgan fingerprint density at radius 3 is 3.16 bits per heavy atom. The van der Waals surface area contributed by atoms with Crippen LogP contribution in [0.15, 0.2) is 12.4 Å². The summed E-state index contributed by atoms with van der Waals surface area (Å²) in [6.45, 7) is 2.52. The Hall–Kier alpha value is -1.62. The second kappa shape index (κ2) is 5.57. The summed E-state index contributed by atoms with van der Waals surface area (Å²) in [5.41, 5.74) is 3.59. The standard InChI is InChI=1S/C14H20N4O/c1-19-8-6-15-14-13-12(16-10-17-14)9-11-5-3-2-4-7-18(11)13/h9-10H,2-8H2,1H3,(H,15,16,17). The zero-order valence-corrected chi connectivity index (χ0v) is 11.4. The van der Waals surface area contributed by atoms with Crippen molar-refractivity contribution in [2.24, 2.45) is 0 Å². The van der Waals surface area contributed by atoms with Crippen LogP contribution in [-0.4, -0.2) is 34.8 Å². The highest BCUT2D eigenvalue weighted by molar-refractivity contribution is 5.87. The van der Waals surface area contributed by atoms with Crippen LogP contribution in [0.5, 0.6) is 0 Å². The molecule has 5 nitrogen and oxygen atoms in total. The van der Waals surface area contributed by atoms with E-state index in [2.05, 4.69) is 25.9 Å². The van der Waals surface area contributed by atoms with Gasteiger partial charge in [-0.15, -0.1) is 0 Å². The lowest BCUT2D eigenvalue weighted by Crippen LogP contribution is -2.11. The van der Waals surface area contributed by atoms with Gasteiger partial charge >= 0.3 is 0 Å². The lowest BCUT2D eigenvalue weighted by Gasteiger charge is -2.10. The Morgan fingerprint density at radius 1 is 1.32 bits per heavy atom. The van der Waals surface area contributed by atoms with E-state index in [1.807, 2.05) is 0 Å². The maximum Gasteiger partial charge on any atom is 0.154 e. The van der Waals surface area contributed by atoms with Gasteiger partial charge in [-0.2, -0.15) is 0 Å². The number of hydrogen-bond donors (Lipinski definition) is 1. The van der Waals surface area contributed by atoms with E-state index in [0.29, 0.717) is 6.61 Å². The van der Waals surface area contributed by atoms with Gasteiger partial charge in [-0.3, -0.25) is 0 Å². The molecule has 0 fully saturated rings. The molecule has 102 valence electrons. The van der Waals surface area contributed by atoms with Crippen LogP contribution in [0.4, 0.5) is 5.82 Å². The molecule has 0 spiro atoms. The number of aryl methyl sites for hydroxylation is 2. The number of rotatable bonds is 4. The Bertz CT molecular complexity index is 564. The summed E-state index contributed by atoms with van der Waals surface area (Å²) in [4.78, 5) is 8.79. The van der Waals surface area contributed by atoms with Crippen LogP contribution in [-0.2, 0) is 17.7 Å². The van der Waals surface area contributed by atoms with Gasteiger partial charge < -0.3 is 14.6 Å². The van der Waals surface area contributed by atoms with Crippen molar-refractivity contribution in [2.75, 3.05) is 25.6 Å². The topological polar surface area (TPSA) is 52.0 Å². The molecule has 1 aliphatic heterocycles. The molecule has 0 saturated carbocycles. The molecule has 0 unspecified atom stereocenters. The fourth-order valence-corrected chi connectivity index (χ4v) is 2.76. The smallest absolute Gasteiger partial charge is 0.154 e. The highest BCUT2D eigenvalue weighted by Gasteiger charge is 2.15. The third kappa shape index (κ3) is 2.42. The van der Waals surface area contributed by atoms with E-state index < -0.39 is 0 Å². The quantitative estimate of drug-likeness (QED) is 0.856. The van der Waals surface area contributed by atoms with Gasteiger partial charge in [0.15, 0.2) is 5.82 Å². The third-order valence-electron chi connectivity index (χ3n) is 3.68. The Kier molecular flexibility index (Phi) is 3.64. The fraction of sp³-hybridized carbons (Fsp3) is 0.571. The lowest BCUT2D eigenvalue weighted by atomic mass is 10.2. The molecule has 0 aromatic carbocycles. The maximum atomic E-state index is 5.08. The normalized spacial score (nSPS) is 15.2. The molecule has 0 atom stereocenters. The van der Waals surface area contributed by atoms with Crippen molar-refractivity contribution in [1.29, 1.82) is 0 Å². The summed E-state index contributed by atoms with van der Waals surface area (Å²) in [5, 5.41) is 3.35. The number of hydrogen-bond acceptors (Lipinski definition) is 4. The van der Waals surface area contributed by atoms with Crippen molar-refractivity contribution < 1.29 is 4.74 Å². The summed E-state index contributed by atoms with van der Waals surface area (Å²) in [6, 6.07) is 2.21. The zero-order chi connectivity index (χ0) is 13.1. The zero-order valence-electron chi connectivity index (χ0n) is 11.4. The van der Waals surface area contributed by atoms with E-state index in [0.717, 1.165) is 36.4 Å². The average molecular weight is 260 g/mol. The van der Waals surface area contributed by atoms with Crippen molar-refractivity contribution in [2.45, 2.75) is 32.2 Å². The highest BCUT2D eigenvalue weighted by atomic mass is 16.5. The van der Waals surface area contributed by atoms with Crippen LogP contribution in [0.2, 0.25) is 0 Å². The molecule has 2 aromatic rings. The van der Waals surface area contributed by atoms with E-state index in [-0.39, 0.29) is 0 Å². The molecule has 0 saturated heterocycles. The molecular formula is C14H20N4O. The molecule has 3 heterocycles. The summed E-state index contributed by atoms with van der Waals surface area (Å²) in [7, 11) is 1.71. The highest BCUT2D eigenvalue weighted by Crippen LogP contribution is 2.27. The van der Waals surface area contributed by atoms with Crippen LogP contribution in [0.3, 0.4) is 0 Å². The van der Waals surface area contributed by atoms with Gasteiger partial charge in [-0.1, -0.05) is 6.42 Å². The number of anilines is 1. The van der Waals surface area contributed by atoms with Crippen LogP contribution in [0.25, 0.3) is 11.0 Å². The fourth-order valence-electron chi connectivity index (χ4n) is 2.76. The molecule has 0 bridgehead atoms. The minimum Gasteiger partial charge on any atom is -0.383 e. The maximum absolute atomic E-state index is 5.08. The van der Waals surface area contributed by atoms with Gasteiger partial charge in [-0.25, -0.2) is 9.97 Å². The molecule has 19 heavy (non-hydrogen) atoms. The summed E-state index contributed by atoms with van der Waals surface area (Å²) >= 11 is 0. The Balaban J connectivity index is 1.99. The molecule has 1 aliphatic rings. The molecule has 0 radical (unpaired) electrons. The molecule has 5 heteroatoms. The largest absolute Gasteiger partial charge is 0.383 e. The lowest BCUT2D eigenvalue weighted by molar-refractivity contribution is 0.210. The molecule has 0 amide bonds. The molecular weight excluding hydrogens is 240 g/mol. The van der Waals surface area contributed by atoms with E-state index in [9.17, 15) is 0 Å². The Labute approximate surface area is 113 Å². The van der Waals surface area contributed by atoms with Crippen molar-refractivity contribution >= 4 is 16.9 Å². The number of nitrogens with zero attached hydrogens (tertiary/aromatic N) is 3. The number of fused-ring (bicyclic) bond motifs is 3. The summed E-state index contributed by atoms with van der Waals surface area (Å²) in [5.74, 6) is 0.926. The number of methoxy groups -OCH3 is 1.